The van der Waals surface area contributed by atoms with Gasteiger partial charge in [-0.1, -0.05) is 29.8 Å². The van der Waals surface area contributed by atoms with Crippen molar-refractivity contribution >= 4 is 15.9 Å². The van der Waals surface area contributed by atoms with Gasteiger partial charge >= 0.3 is 0 Å². The molecule has 1 aliphatic rings. The van der Waals surface area contributed by atoms with Gasteiger partial charge in [-0.3, -0.25) is 0 Å². The van der Waals surface area contributed by atoms with E-state index in [-0.39, 0.29) is 0 Å². The molecule has 84 valence electrons. The van der Waals surface area contributed by atoms with Gasteiger partial charge in [-0.05, 0) is 25.2 Å². The van der Waals surface area contributed by atoms with Crippen LogP contribution in [0.5, 0.6) is 0 Å². The standard InChI is InChI=1S/C12H19BrN2/c1-3-4-12-14-10(8-13)11-7-9(2)5-6-15(11)12/h9H,3-8H2,1-2H3. The molecule has 2 rings (SSSR count). The van der Waals surface area contributed by atoms with Crippen molar-refractivity contribution in [3.05, 3.63) is 17.2 Å². The molecule has 1 aliphatic heterocycles. The molecule has 1 aromatic rings. The number of rotatable bonds is 3. The van der Waals surface area contributed by atoms with E-state index >= 15 is 0 Å². The van der Waals surface area contributed by atoms with Gasteiger partial charge in [-0.25, -0.2) is 4.98 Å². The average molecular weight is 271 g/mol. The molecule has 1 aromatic heterocycles. The first-order valence-electron chi connectivity index (χ1n) is 5.89. The molecule has 3 heteroatoms. The van der Waals surface area contributed by atoms with Gasteiger partial charge in [0, 0.05) is 24.0 Å². The molecule has 0 aliphatic carbocycles. The Hall–Kier alpha value is -0.310. The van der Waals surface area contributed by atoms with E-state index in [9.17, 15) is 0 Å². The predicted molar refractivity (Wildman–Crippen MR) is 66.3 cm³/mol. The number of aromatic nitrogens is 2. The van der Waals surface area contributed by atoms with Gasteiger partial charge in [0.25, 0.3) is 0 Å². The van der Waals surface area contributed by atoms with E-state index in [0.717, 1.165) is 17.7 Å². The Morgan fingerprint density at radius 3 is 3.00 bits per heavy atom. The zero-order valence-corrected chi connectivity index (χ0v) is 11.2. The fourth-order valence-electron chi connectivity index (χ4n) is 2.39. The number of fused-ring (bicyclic) bond motifs is 1. The minimum Gasteiger partial charge on any atom is -0.332 e. The maximum absolute atomic E-state index is 4.75. The van der Waals surface area contributed by atoms with Crippen LogP contribution in [0.3, 0.4) is 0 Å². The van der Waals surface area contributed by atoms with Crippen molar-refractivity contribution in [2.75, 3.05) is 0 Å². The summed E-state index contributed by atoms with van der Waals surface area (Å²) in [5.41, 5.74) is 2.75. The Morgan fingerprint density at radius 2 is 2.33 bits per heavy atom. The normalized spacial score (nSPS) is 20.3. The molecule has 0 saturated carbocycles. The maximum Gasteiger partial charge on any atom is 0.109 e. The van der Waals surface area contributed by atoms with Crippen LogP contribution in [0, 0.1) is 5.92 Å². The lowest BCUT2D eigenvalue weighted by molar-refractivity contribution is 0.407. The van der Waals surface area contributed by atoms with Crippen molar-refractivity contribution < 1.29 is 0 Å². The SMILES string of the molecule is CCCc1nc(CBr)c2n1CCC(C)C2. The Labute approximate surface area is 100 Å². The second kappa shape index (κ2) is 4.69. The molecule has 0 radical (unpaired) electrons. The van der Waals surface area contributed by atoms with Crippen LogP contribution in [0.2, 0.25) is 0 Å². The molecule has 1 unspecified atom stereocenters. The Morgan fingerprint density at radius 1 is 1.53 bits per heavy atom. The van der Waals surface area contributed by atoms with E-state index < -0.39 is 0 Å². The van der Waals surface area contributed by atoms with Gasteiger partial charge in [0.05, 0.1) is 5.69 Å². The summed E-state index contributed by atoms with van der Waals surface area (Å²) in [5, 5.41) is 0.902. The molecule has 0 N–H and O–H groups in total. The lowest BCUT2D eigenvalue weighted by Crippen LogP contribution is -2.19. The molecule has 15 heavy (non-hydrogen) atoms. The van der Waals surface area contributed by atoms with Crippen molar-refractivity contribution in [3.8, 4) is 0 Å². The minimum atomic E-state index is 0.821. The Kier molecular flexibility index (Phi) is 3.49. The number of imidazole rings is 1. The summed E-state index contributed by atoms with van der Waals surface area (Å²) < 4.78 is 2.46. The first-order chi connectivity index (χ1) is 7.26. The Bertz CT molecular complexity index is 344. The summed E-state index contributed by atoms with van der Waals surface area (Å²) in [5.74, 6) is 2.12. The van der Waals surface area contributed by atoms with E-state index in [1.54, 1.807) is 0 Å². The summed E-state index contributed by atoms with van der Waals surface area (Å²) in [6.45, 7) is 5.74. The fourth-order valence-corrected chi connectivity index (χ4v) is 2.84. The molecule has 2 heterocycles. The van der Waals surface area contributed by atoms with Crippen LogP contribution in [0.25, 0.3) is 0 Å². The van der Waals surface area contributed by atoms with Crippen LogP contribution < -0.4 is 0 Å². The monoisotopic (exact) mass is 270 g/mol. The van der Waals surface area contributed by atoms with Crippen LogP contribution in [0.4, 0.5) is 0 Å². The van der Waals surface area contributed by atoms with E-state index in [4.69, 9.17) is 4.98 Å². The predicted octanol–water partition coefficient (Wildman–Crippen LogP) is 3.31. The van der Waals surface area contributed by atoms with Gasteiger partial charge in [0.2, 0.25) is 0 Å². The lowest BCUT2D eigenvalue weighted by atomic mass is 9.97. The zero-order valence-electron chi connectivity index (χ0n) is 9.59. The van der Waals surface area contributed by atoms with Crippen LogP contribution >= 0.6 is 15.9 Å². The molecule has 0 spiro atoms. The summed E-state index contributed by atoms with van der Waals surface area (Å²) in [4.78, 5) is 4.75. The van der Waals surface area contributed by atoms with Crippen LogP contribution in [0.1, 0.15) is 43.9 Å². The molecular formula is C12H19BrN2. The lowest BCUT2D eigenvalue weighted by Gasteiger charge is -2.22. The molecule has 1 atom stereocenters. The third-order valence-electron chi connectivity index (χ3n) is 3.22. The highest BCUT2D eigenvalue weighted by atomic mass is 79.9. The Balaban J connectivity index is 2.35. The second-order valence-electron chi connectivity index (χ2n) is 4.55. The number of aryl methyl sites for hydroxylation is 1. The molecule has 0 saturated heterocycles. The molecule has 2 nitrogen and oxygen atoms in total. The topological polar surface area (TPSA) is 17.8 Å². The van der Waals surface area contributed by atoms with Crippen molar-refractivity contribution in [2.24, 2.45) is 5.92 Å². The number of hydrogen-bond donors (Lipinski definition) is 0. The zero-order chi connectivity index (χ0) is 10.8. The smallest absolute Gasteiger partial charge is 0.109 e. The van der Waals surface area contributed by atoms with Crippen molar-refractivity contribution in [1.29, 1.82) is 0 Å². The van der Waals surface area contributed by atoms with Crippen LogP contribution in [0.15, 0.2) is 0 Å². The quantitative estimate of drug-likeness (QED) is 0.771. The van der Waals surface area contributed by atoms with Crippen molar-refractivity contribution in [2.45, 2.75) is 51.4 Å². The van der Waals surface area contributed by atoms with Crippen molar-refractivity contribution in [3.63, 3.8) is 0 Å². The van der Waals surface area contributed by atoms with E-state index in [2.05, 4.69) is 34.3 Å². The number of alkyl halides is 1. The molecular weight excluding hydrogens is 252 g/mol. The van der Waals surface area contributed by atoms with E-state index in [0.29, 0.717) is 0 Å². The molecule has 0 aromatic carbocycles. The minimum absolute atomic E-state index is 0.821. The first-order valence-corrected chi connectivity index (χ1v) is 7.01. The third-order valence-corrected chi connectivity index (χ3v) is 3.75. The number of nitrogens with zero attached hydrogens (tertiary/aromatic N) is 2. The van der Waals surface area contributed by atoms with Crippen LogP contribution in [-0.4, -0.2) is 9.55 Å². The third kappa shape index (κ3) is 2.12. The maximum atomic E-state index is 4.75. The van der Waals surface area contributed by atoms with E-state index in [1.165, 1.54) is 43.0 Å². The average Bonchev–Trinajstić information content (AvgIpc) is 2.56. The fraction of sp³-hybridized carbons (Fsp3) is 0.750. The summed E-state index contributed by atoms with van der Waals surface area (Å²) >= 11 is 3.55. The molecule has 0 bridgehead atoms. The highest BCUT2D eigenvalue weighted by Gasteiger charge is 2.22. The van der Waals surface area contributed by atoms with Gasteiger partial charge in [-0.15, -0.1) is 0 Å². The van der Waals surface area contributed by atoms with Gasteiger partial charge in [-0.2, -0.15) is 0 Å². The van der Waals surface area contributed by atoms with E-state index in [1.807, 2.05) is 0 Å². The van der Waals surface area contributed by atoms with Crippen LogP contribution in [-0.2, 0) is 24.7 Å². The highest BCUT2D eigenvalue weighted by Crippen LogP contribution is 2.26. The summed E-state index contributed by atoms with van der Waals surface area (Å²) in [7, 11) is 0. The number of hydrogen-bond acceptors (Lipinski definition) is 1. The van der Waals surface area contributed by atoms with Gasteiger partial charge in [0.15, 0.2) is 0 Å². The molecule has 0 fully saturated rings. The van der Waals surface area contributed by atoms with Gasteiger partial charge < -0.3 is 4.57 Å². The first kappa shape index (κ1) is 11.2. The van der Waals surface area contributed by atoms with Crippen molar-refractivity contribution in [1.82, 2.24) is 9.55 Å². The second-order valence-corrected chi connectivity index (χ2v) is 5.12. The van der Waals surface area contributed by atoms with Gasteiger partial charge in [0.1, 0.15) is 5.82 Å². The largest absolute Gasteiger partial charge is 0.332 e. The highest BCUT2D eigenvalue weighted by molar-refractivity contribution is 9.08. The summed E-state index contributed by atoms with van der Waals surface area (Å²) in [6.07, 6.45) is 4.82. The molecule has 0 amide bonds. The number of halogens is 1. The summed E-state index contributed by atoms with van der Waals surface area (Å²) in [6, 6.07) is 0.